The van der Waals surface area contributed by atoms with Gasteiger partial charge in [-0.3, -0.25) is 29.2 Å². The number of likely N-dealkylation sites (N-methyl/N-ethyl adjacent to an activating group) is 1. The smallest absolute Gasteiger partial charge is 0.355 e. The summed E-state index contributed by atoms with van der Waals surface area (Å²) in [6.07, 6.45) is 3.26. The molecule has 2 aromatic heterocycles. The molecule has 0 radical (unpaired) electrons. The van der Waals surface area contributed by atoms with Gasteiger partial charge in [0.1, 0.15) is 17.8 Å². The molecule has 0 spiro atoms. The first-order valence-electron chi connectivity index (χ1n) is 23.3. The van der Waals surface area contributed by atoms with E-state index in [1.165, 1.54) is 18.0 Å². The molecule has 17 nitrogen and oxygen atoms in total. The topological polar surface area (TPSA) is 216 Å². The number of ether oxygens (including phenoxy) is 2. The minimum Gasteiger partial charge on any atom is -0.508 e. The third-order valence-electron chi connectivity index (χ3n) is 13.6. The Morgan fingerprint density at radius 1 is 1.12 bits per heavy atom. The Hall–Kier alpha value is -6.14. The van der Waals surface area contributed by atoms with Gasteiger partial charge < -0.3 is 44.5 Å². The Labute approximate surface area is 397 Å². The summed E-state index contributed by atoms with van der Waals surface area (Å²) in [7, 11) is 3.02. The van der Waals surface area contributed by atoms with Crippen molar-refractivity contribution in [3.63, 3.8) is 0 Å². The average molecular weight is 936 g/mol. The highest BCUT2D eigenvalue weighted by molar-refractivity contribution is 5.97. The van der Waals surface area contributed by atoms with Gasteiger partial charge in [-0.2, -0.15) is 5.43 Å². The van der Waals surface area contributed by atoms with Crippen LogP contribution in [0.2, 0.25) is 0 Å². The highest BCUT2D eigenvalue weighted by Gasteiger charge is 2.53. The lowest BCUT2D eigenvalue weighted by Gasteiger charge is -2.40. The molecule has 2 fully saturated rings. The summed E-state index contributed by atoms with van der Waals surface area (Å²) in [5.41, 5.74) is 4.14. The standard InChI is InChI=1S/C51H65N7O10/c1-10-42(60)56-26-31(5)50(65,28-56)47(63)55(8)43(30(3)4)45(61)53-39-22-32-20-34(23-35(59)21-32)33-15-16-41-37(24-33)38(44(57(41)11-2)36-14-12-18-52-40(36)27-67-9)25-49(6,7)29-68-48(64)51(66)17-13-19-58(54-51)46(39)62/h10,12,14-16,18,20-21,23-24,30-31,39,43,54,59,65-66H,1,11,13,17,19,22,25-29H2,2-9H3,(H,53,61)/t31-,39-,43-,50-,51-/m0/s1. The van der Waals surface area contributed by atoms with E-state index in [0.29, 0.717) is 24.1 Å². The van der Waals surface area contributed by atoms with Crippen molar-refractivity contribution >= 4 is 40.5 Å². The van der Waals surface area contributed by atoms with Crippen LogP contribution in [0.15, 0.2) is 67.4 Å². The number of aromatic nitrogens is 2. The van der Waals surface area contributed by atoms with Gasteiger partial charge in [0.25, 0.3) is 11.8 Å². The lowest BCUT2D eigenvalue weighted by molar-refractivity contribution is -0.189. The van der Waals surface area contributed by atoms with Gasteiger partial charge in [0.15, 0.2) is 5.60 Å². The van der Waals surface area contributed by atoms with Crippen molar-refractivity contribution in [2.45, 2.75) is 104 Å². The van der Waals surface area contributed by atoms with E-state index >= 15 is 0 Å². The molecular formula is C51H65N7O10. The molecule has 5 atom stereocenters. The van der Waals surface area contributed by atoms with Crippen molar-refractivity contribution in [2.24, 2.45) is 17.3 Å². The molecule has 17 heteroatoms. The van der Waals surface area contributed by atoms with E-state index in [1.54, 1.807) is 40.1 Å². The molecule has 6 bridgehead atoms. The number of phenolic OH excluding ortho intramolecular Hbond substituents is 1. The van der Waals surface area contributed by atoms with Crippen LogP contribution in [0.25, 0.3) is 33.3 Å². The fourth-order valence-electron chi connectivity index (χ4n) is 10.1. The molecule has 5 heterocycles. The molecule has 4 aromatic rings. The molecule has 7 rings (SSSR count). The zero-order valence-electron chi connectivity index (χ0n) is 40.3. The van der Waals surface area contributed by atoms with Crippen molar-refractivity contribution in [3.8, 4) is 28.1 Å². The lowest BCUT2D eigenvalue weighted by Crippen LogP contribution is -2.67. The second-order valence-corrected chi connectivity index (χ2v) is 19.7. The number of methoxy groups -OCH3 is 1. The fourth-order valence-corrected chi connectivity index (χ4v) is 10.1. The first-order chi connectivity index (χ1) is 32.1. The number of hydrogen-bond acceptors (Lipinski definition) is 12. The number of aliphatic hydroxyl groups is 2. The Morgan fingerprint density at radius 2 is 1.87 bits per heavy atom. The van der Waals surface area contributed by atoms with Gasteiger partial charge in [-0.05, 0) is 90.4 Å². The van der Waals surface area contributed by atoms with Crippen LogP contribution in [0.3, 0.4) is 0 Å². The van der Waals surface area contributed by atoms with Crippen LogP contribution in [-0.4, -0.2) is 133 Å². The first-order valence-corrected chi connectivity index (χ1v) is 23.3. The number of carbonyl (C=O) groups excluding carboxylic acids is 5. The van der Waals surface area contributed by atoms with E-state index in [2.05, 4.69) is 39.9 Å². The molecule has 0 unspecified atom stereocenters. The number of fused-ring (bicyclic) bond motifs is 6. The maximum atomic E-state index is 14.8. The van der Waals surface area contributed by atoms with E-state index in [1.807, 2.05) is 44.2 Å². The van der Waals surface area contributed by atoms with Gasteiger partial charge in [0.2, 0.25) is 17.5 Å². The average Bonchev–Trinajstić information content (AvgIpc) is 3.78. The van der Waals surface area contributed by atoms with Crippen molar-refractivity contribution < 1.29 is 48.8 Å². The van der Waals surface area contributed by atoms with Crippen LogP contribution in [0.4, 0.5) is 0 Å². The molecule has 3 aliphatic rings. The number of nitrogens with one attached hydrogen (secondary N) is 2. The minimum atomic E-state index is -2.30. The number of cyclic esters (lactones) is 1. The lowest BCUT2D eigenvalue weighted by atomic mass is 9.84. The molecule has 3 aliphatic heterocycles. The van der Waals surface area contributed by atoms with Gasteiger partial charge in [0.05, 0.1) is 31.1 Å². The Bertz CT molecular complexity index is 2630. The molecule has 364 valence electrons. The van der Waals surface area contributed by atoms with Crippen LogP contribution >= 0.6 is 0 Å². The second kappa shape index (κ2) is 19.5. The van der Waals surface area contributed by atoms with Crippen molar-refractivity contribution in [3.05, 3.63) is 84.2 Å². The number of nitrogens with zero attached hydrogens (tertiary/aromatic N) is 5. The molecule has 2 saturated heterocycles. The number of hydrogen-bond donors (Lipinski definition) is 5. The summed E-state index contributed by atoms with van der Waals surface area (Å²) in [5, 5.41) is 39.8. The summed E-state index contributed by atoms with van der Waals surface area (Å²) < 4.78 is 13.7. The molecule has 68 heavy (non-hydrogen) atoms. The van der Waals surface area contributed by atoms with Crippen LogP contribution in [0.5, 0.6) is 5.75 Å². The van der Waals surface area contributed by atoms with Gasteiger partial charge in [-0.25, -0.2) is 4.79 Å². The Morgan fingerprint density at radius 3 is 2.56 bits per heavy atom. The number of aromatic hydroxyl groups is 1. The van der Waals surface area contributed by atoms with Crippen LogP contribution in [0.1, 0.15) is 71.2 Å². The number of likely N-dealkylation sites (tertiary alicyclic amines) is 1. The number of phenols is 1. The van der Waals surface area contributed by atoms with Gasteiger partial charge >= 0.3 is 5.97 Å². The molecule has 4 amide bonds. The van der Waals surface area contributed by atoms with Crippen LogP contribution < -0.4 is 10.7 Å². The SMILES string of the molecule is C=CC(=O)N1C[C@H](C)[C@](O)(C(=O)N(C)[C@H](C(=O)N[C@H]2Cc3cc(O)cc(c3)-c3ccc4c(c3)c(c(-c3cccnc3COC)n4CC)CC(C)(C)COC(=O)[C@@]3(O)CCCN(N3)C2=O)C(C)C)C1. The maximum absolute atomic E-state index is 14.8. The number of rotatable bonds is 10. The van der Waals surface area contributed by atoms with E-state index in [-0.39, 0.29) is 57.9 Å². The first kappa shape index (κ1) is 49.8. The number of esters is 1. The van der Waals surface area contributed by atoms with E-state index in [0.717, 1.165) is 55.0 Å². The number of carbonyl (C=O) groups is 5. The fraction of sp³-hybridized carbons (Fsp3) is 0.490. The maximum Gasteiger partial charge on any atom is 0.355 e. The van der Waals surface area contributed by atoms with Crippen LogP contribution in [-0.2, 0) is 59.4 Å². The van der Waals surface area contributed by atoms with E-state index < -0.39 is 70.3 Å². The number of β-amino-alcohol motifs (C(OH)–C–C–N with tert-alkyl or cyclic N) is 1. The predicted octanol–water partition coefficient (Wildman–Crippen LogP) is 4.09. The third-order valence-corrected chi connectivity index (χ3v) is 13.6. The van der Waals surface area contributed by atoms with Crippen molar-refractivity contribution in [1.82, 2.24) is 35.1 Å². The van der Waals surface area contributed by atoms with E-state index in [9.17, 15) is 39.3 Å². The van der Waals surface area contributed by atoms with Gasteiger partial charge in [-0.1, -0.05) is 53.3 Å². The highest BCUT2D eigenvalue weighted by atomic mass is 16.6. The molecule has 0 aliphatic carbocycles. The summed E-state index contributed by atoms with van der Waals surface area (Å²) >= 11 is 0. The second-order valence-electron chi connectivity index (χ2n) is 19.7. The number of hydrazine groups is 1. The summed E-state index contributed by atoms with van der Waals surface area (Å²) in [6.45, 7) is 15.3. The molecular weight excluding hydrogens is 871 g/mol. The largest absolute Gasteiger partial charge is 0.508 e. The predicted molar refractivity (Wildman–Crippen MR) is 254 cm³/mol. The number of aryl methyl sites for hydroxylation is 1. The van der Waals surface area contributed by atoms with Crippen molar-refractivity contribution in [1.29, 1.82) is 0 Å². The highest BCUT2D eigenvalue weighted by Crippen LogP contribution is 2.42. The monoisotopic (exact) mass is 935 g/mol. The zero-order chi connectivity index (χ0) is 49.5. The van der Waals surface area contributed by atoms with Gasteiger partial charge in [0, 0.05) is 80.6 Å². The number of benzene rings is 2. The molecule has 0 saturated carbocycles. The van der Waals surface area contributed by atoms with E-state index in [4.69, 9.17) is 9.47 Å². The van der Waals surface area contributed by atoms with Crippen molar-refractivity contribution in [2.75, 3.05) is 40.4 Å². The number of pyridine rings is 1. The quantitative estimate of drug-likeness (QED) is 0.112. The third kappa shape index (κ3) is 9.62. The Balaban J connectivity index is 1.32. The minimum absolute atomic E-state index is 0.0633. The normalized spacial score (nSPS) is 23.5. The molecule has 5 N–H and O–H groups in total. The number of amides is 4. The Kier molecular flexibility index (Phi) is 14.2. The summed E-state index contributed by atoms with van der Waals surface area (Å²) in [4.78, 5) is 77.2. The zero-order valence-corrected chi connectivity index (χ0v) is 40.3. The van der Waals surface area contributed by atoms with Gasteiger partial charge in [-0.15, -0.1) is 0 Å². The van der Waals surface area contributed by atoms with Crippen LogP contribution in [0, 0.1) is 17.3 Å². The summed E-state index contributed by atoms with van der Waals surface area (Å²) in [5.74, 6) is -4.87. The molecule has 2 aromatic carbocycles. The summed E-state index contributed by atoms with van der Waals surface area (Å²) in [6, 6.07) is 12.4.